The van der Waals surface area contributed by atoms with Crippen LogP contribution in [0.5, 0.6) is 0 Å². The predicted molar refractivity (Wildman–Crippen MR) is 127 cm³/mol. The second kappa shape index (κ2) is 10.2. The van der Waals surface area contributed by atoms with Crippen LogP contribution >= 0.6 is 0 Å². The first-order valence-corrected chi connectivity index (χ1v) is 11.4. The Kier molecular flexibility index (Phi) is 7.75. The molecular formula is C26H35F2N3O2. The van der Waals surface area contributed by atoms with Gasteiger partial charge in [-0.3, -0.25) is 4.79 Å². The number of rotatable bonds is 7. The first-order chi connectivity index (χ1) is 15.4. The molecule has 2 aromatic rings. The van der Waals surface area contributed by atoms with Crippen molar-refractivity contribution in [3.63, 3.8) is 0 Å². The lowest BCUT2D eigenvalue weighted by Gasteiger charge is -2.36. The number of aliphatic hydroxyl groups is 1. The average Bonchev–Trinajstić information content (AvgIpc) is 2.70. The smallest absolute Gasteiger partial charge is 0.217 e. The Morgan fingerprint density at radius 1 is 1.18 bits per heavy atom. The zero-order valence-electron chi connectivity index (χ0n) is 20.1. The SMILES string of the molecule is CC(=O)NC(Cc1cc(F)cc(F)c1)C(O)CNC1CCN(C)c2ccc(C(C)(C)C)cc21. The van der Waals surface area contributed by atoms with Gasteiger partial charge in [-0.25, -0.2) is 8.78 Å². The van der Waals surface area contributed by atoms with Crippen LogP contribution in [0, 0.1) is 11.6 Å². The Hall–Kier alpha value is -2.51. The summed E-state index contributed by atoms with van der Waals surface area (Å²) in [7, 11) is 2.07. The highest BCUT2D eigenvalue weighted by Crippen LogP contribution is 2.36. The van der Waals surface area contributed by atoms with Gasteiger partial charge in [-0.05, 0) is 53.1 Å². The molecular weight excluding hydrogens is 424 g/mol. The van der Waals surface area contributed by atoms with Crippen LogP contribution in [0.4, 0.5) is 14.5 Å². The fourth-order valence-electron chi connectivity index (χ4n) is 4.39. The molecule has 1 heterocycles. The Morgan fingerprint density at radius 3 is 2.45 bits per heavy atom. The van der Waals surface area contributed by atoms with Gasteiger partial charge in [0.15, 0.2) is 0 Å². The molecule has 7 heteroatoms. The molecule has 0 radical (unpaired) electrons. The van der Waals surface area contributed by atoms with E-state index in [1.165, 1.54) is 30.2 Å². The third kappa shape index (κ3) is 6.51. The number of hydrogen-bond acceptors (Lipinski definition) is 4. The van der Waals surface area contributed by atoms with Gasteiger partial charge in [-0.1, -0.05) is 32.9 Å². The number of carbonyl (C=O) groups excluding carboxylic acids is 1. The van der Waals surface area contributed by atoms with Gasteiger partial charge in [0, 0.05) is 44.9 Å². The summed E-state index contributed by atoms with van der Waals surface area (Å²) in [5, 5.41) is 17.1. The third-order valence-electron chi connectivity index (χ3n) is 6.24. The van der Waals surface area contributed by atoms with Crippen molar-refractivity contribution < 1.29 is 18.7 Å². The van der Waals surface area contributed by atoms with E-state index in [4.69, 9.17) is 0 Å². The van der Waals surface area contributed by atoms with E-state index < -0.39 is 23.8 Å². The molecule has 2 aromatic carbocycles. The van der Waals surface area contributed by atoms with Crippen LogP contribution in [0.3, 0.4) is 0 Å². The van der Waals surface area contributed by atoms with Gasteiger partial charge >= 0.3 is 0 Å². The average molecular weight is 460 g/mol. The number of amides is 1. The summed E-state index contributed by atoms with van der Waals surface area (Å²) in [5.41, 5.74) is 3.99. The van der Waals surface area contributed by atoms with Gasteiger partial charge in [0.2, 0.25) is 5.91 Å². The predicted octanol–water partition coefficient (Wildman–Crippen LogP) is 3.84. The van der Waals surface area contributed by atoms with Crippen molar-refractivity contribution in [2.24, 2.45) is 0 Å². The van der Waals surface area contributed by atoms with Crippen LogP contribution in [0.25, 0.3) is 0 Å². The third-order valence-corrected chi connectivity index (χ3v) is 6.24. The minimum atomic E-state index is -0.936. The van der Waals surface area contributed by atoms with Crippen LogP contribution < -0.4 is 15.5 Å². The normalized spacial score (nSPS) is 17.9. The highest BCUT2D eigenvalue weighted by Gasteiger charge is 2.28. The second-order valence-electron chi connectivity index (χ2n) is 10.1. The molecule has 0 saturated carbocycles. The summed E-state index contributed by atoms with van der Waals surface area (Å²) >= 11 is 0. The van der Waals surface area contributed by atoms with Crippen LogP contribution in [-0.4, -0.2) is 43.3 Å². The number of nitrogens with zero attached hydrogens (tertiary/aromatic N) is 1. The Balaban J connectivity index is 1.75. The van der Waals surface area contributed by atoms with E-state index in [9.17, 15) is 18.7 Å². The van der Waals surface area contributed by atoms with Crippen molar-refractivity contribution in [1.29, 1.82) is 0 Å². The standard InChI is InChI=1S/C26H35F2N3O2/c1-16(32)30-23(12-17-10-19(27)14-20(28)11-17)25(33)15-29-22-8-9-31(5)24-7-6-18(13-21(22)24)26(2,3)4/h6-7,10-11,13-14,22-23,25,29,33H,8-9,12,15H2,1-5H3,(H,30,32). The maximum atomic E-state index is 13.6. The number of fused-ring (bicyclic) bond motifs is 1. The molecule has 0 saturated heterocycles. The Labute approximate surface area is 195 Å². The van der Waals surface area contributed by atoms with Crippen LogP contribution in [-0.2, 0) is 16.6 Å². The summed E-state index contributed by atoms with van der Waals surface area (Å²) in [6, 6.07) is 9.17. The van der Waals surface area contributed by atoms with Crippen molar-refractivity contribution in [3.05, 3.63) is 64.7 Å². The van der Waals surface area contributed by atoms with E-state index in [2.05, 4.69) is 61.6 Å². The van der Waals surface area contributed by atoms with Gasteiger partial charge in [0.25, 0.3) is 0 Å². The summed E-state index contributed by atoms with van der Waals surface area (Å²) in [5.74, 6) is -1.68. The number of halogens is 2. The summed E-state index contributed by atoms with van der Waals surface area (Å²) < 4.78 is 27.2. The second-order valence-corrected chi connectivity index (χ2v) is 10.1. The molecule has 0 spiro atoms. The summed E-state index contributed by atoms with van der Waals surface area (Å²) in [6.07, 6.45) is 0.0630. The van der Waals surface area contributed by atoms with E-state index >= 15 is 0 Å². The lowest BCUT2D eigenvalue weighted by Crippen LogP contribution is -2.49. The van der Waals surface area contributed by atoms with E-state index in [1.807, 2.05) is 0 Å². The number of anilines is 1. The molecule has 3 rings (SSSR count). The molecule has 3 N–H and O–H groups in total. The fraction of sp³-hybridized carbons (Fsp3) is 0.500. The molecule has 1 amide bonds. The largest absolute Gasteiger partial charge is 0.390 e. The number of nitrogens with one attached hydrogen (secondary N) is 2. The first-order valence-electron chi connectivity index (χ1n) is 11.4. The maximum Gasteiger partial charge on any atom is 0.217 e. The molecule has 0 aliphatic carbocycles. The number of benzene rings is 2. The highest BCUT2D eigenvalue weighted by atomic mass is 19.1. The monoisotopic (exact) mass is 459 g/mol. The molecule has 33 heavy (non-hydrogen) atoms. The van der Waals surface area contributed by atoms with E-state index in [1.54, 1.807) is 0 Å². The lowest BCUT2D eigenvalue weighted by molar-refractivity contribution is -0.120. The number of carbonyl (C=O) groups is 1. The van der Waals surface area contributed by atoms with Crippen molar-refractivity contribution in [1.82, 2.24) is 10.6 Å². The maximum absolute atomic E-state index is 13.6. The summed E-state index contributed by atoms with van der Waals surface area (Å²) in [6.45, 7) is 9.02. The van der Waals surface area contributed by atoms with Gasteiger partial charge in [-0.2, -0.15) is 0 Å². The molecule has 1 aliphatic heterocycles. The molecule has 3 unspecified atom stereocenters. The molecule has 0 bridgehead atoms. The summed E-state index contributed by atoms with van der Waals surface area (Å²) in [4.78, 5) is 14.0. The van der Waals surface area contributed by atoms with Gasteiger partial charge in [0.1, 0.15) is 11.6 Å². The Morgan fingerprint density at radius 2 is 1.85 bits per heavy atom. The van der Waals surface area contributed by atoms with Crippen molar-refractivity contribution in [2.75, 3.05) is 25.0 Å². The van der Waals surface area contributed by atoms with Gasteiger partial charge < -0.3 is 20.6 Å². The van der Waals surface area contributed by atoms with Gasteiger partial charge in [-0.15, -0.1) is 0 Å². The van der Waals surface area contributed by atoms with E-state index in [0.29, 0.717) is 5.56 Å². The highest BCUT2D eigenvalue weighted by molar-refractivity contribution is 5.73. The minimum Gasteiger partial charge on any atom is -0.390 e. The minimum absolute atomic E-state index is 0.0197. The van der Waals surface area contributed by atoms with Crippen LogP contribution in [0.1, 0.15) is 56.8 Å². The zero-order valence-corrected chi connectivity index (χ0v) is 20.1. The van der Waals surface area contributed by atoms with Crippen LogP contribution in [0.2, 0.25) is 0 Å². The molecule has 5 nitrogen and oxygen atoms in total. The van der Waals surface area contributed by atoms with Gasteiger partial charge in [0.05, 0.1) is 12.1 Å². The lowest BCUT2D eigenvalue weighted by atomic mass is 9.83. The van der Waals surface area contributed by atoms with Crippen molar-refractivity contribution >= 4 is 11.6 Å². The quantitative estimate of drug-likeness (QED) is 0.589. The zero-order chi connectivity index (χ0) is 24.3. The topological polar surface area (TPSA) is 64.6 Å². The van der Waals surface area contributed by atoms with E-state index in [-0.39, 0.29) is 30.3 Å². The molecule has 0 fully saturated rings. The molecule has 180 valence electrons. The molecule has 3 atom stereocenters. The first kappa shape index (κ1) is 25.1. The molecule has 1 aliphatic rings. The number of hydrogen-bond donors (Lipinski definition) is 3. The van der Waals surface area contributed by atoms with Crippen molar-refractivity contribution in [2.45, 2.75) is 64.1 Å². The van der Waals surface area contributed by atoms with E-state index in [0.717, 1.165) is 24.7 Å². The number of aliphatic hydroxyl groups excluding tert-OH is 1. The van der Waals surface area contributed by atoms with Crippen LogP contribution in [0.15, 0.2) is 36.4 Å². The fourth-order valence-corrected chi connectivity index (χ4v) is 4.39. The Bertz CT molecular complexity index is 970. The molecule has 0 aromatic heterocycles. The van der Waals surface area contributed by atoms with Crippen molar-refractivity contribution in [3.8, 4) is 0 Å².